The molecule has 9 heteroatoms. The van der Waals surface area contributed by atoms with E-state index in [2.05, 4.69) is 20.3 Å². The lowest BCUT2D eigenvalue weighted by molar-refractivity contribution is -0.274. The number of anilines is 1. The highest BCUT2D eigenvalue weighted by Gasteiger charge is 2.31. The van der Waals surface area contributed by atoms with E-state index in [0.717, 1.165) is 25.0 Å². The Kier molecular flexibility index (Phi) is 3.47. The van der Waals surface area contributed by atoms with E-state index >= 15 is 0 Å². The van der Waals surface area contributed by atoms with Gasteiger partial charge in [0.05, 0.1) is 0 Å². The molecule has 1 aromatic heterocycles. The highest BCUT2D eigenvalue weighted by atomic mass is 19.4. The zero-order valence-corrected chi connectivity index (χ0v) is 11.1. The molecule has 0 spiro atoms. The Hall–Kier alpha value is -2.58. The number of rotatable bonds is 4. The number of nitrogens with one attached hydrogen (secondary N) is 1. The van der Waals surface area contributed by atoms with Crippen molar-refractivity contribution >= 4 is 11.9 Å². The van der Waals surface area contributed by atoms with Crippen LogP contribution in [0, 0.1) is 0 Å². The van der Waals surface area contributed by atoms with Gasteiger partial charge >= 0.3 is 12.4 Å². The van der Waals surface area contributed by atoms with E-state index in [4.69, 9.17) is 4.42 Å². The molecule has 0 radical (unpaired) electrons. The Labute approximate surface area is 122 Å². The maximum absolute atomic E-state index is 12.1. The summed E-state index contributed by atoms with van der Waals surface area (Å²) in [6.07, 6.45) is -2.89. The largest absolute Gasteiger partial charge is 0.573 e. The molecule has 1 fully saturated rings. The molecule has 1 aliphatic rings. The average Bonchev–Trinajstić information content (AvgIpc) is 3.18. The van der Waals surface area contributed by atoms with Gasteiger partial charge in [-0.3, -0.25) is 10.1 Å². The van der Waals surface area contributed by atoms with Crippen molar-refractivity contribution in [2.75, 3.05) is 5.32 Å². The number of alkyl halides is 3. The molecule has 1 saturated carbocycles. The van der Waals surface area contributed by atoms with Crippen LogP contribution in [0.25, 0.3) is 0 Å². The highest BCUT2D eigenvalue weighted by molar-refractivity contribution is 6.03. The molecule has 0 bridgehead atoms. The van der Waals surface area contributed by atoms with E-state index in [0.29, 0.717) is 5.89 Å². The normalized spacial score (nSPS) is 14.7. The van der Waals surface area contributed by atoms with E-state index in [1.165, 1.54) is 12.1 Å². The van der Waals surface area contributed by atoms with Gasteiger partial charge < -0.3 is 9.15 Å². The smallest absolute Gasteiger partial charge is 0.408 e. The van der Waals surface area contributed by atoms with E-state index in [1.54, 1.807) is 0 Å². The maximum atomic E-state index is 12.1. The molecule has 0 unspecified atom stereocenters. The molecule has 1 amide bonds. The summed E-state index contributed by atoms with van der Waals surface area (Å²) in [6, 6.07) is 4.60. The Bertz CT molecular complexity index is 695. The van der Waals surface area contributed by atoms with Crippen molar-refractivity contribution in [1.82, 2.24) is 10.2 Å². The van der Waals surface area contributed by atoms with Crippen LogP contribution in [0.1, 0.15) is 35.0 Å². The van der Waals surface area contributed by atoms with E-state index in [-0.39, 0.29) is 17.5 Å². The first-order valence-electron chi connectivity index (χ1n) is 6.41. The van der Waals surface area contributed by atoms with Crippen LogP contribution in [-0.2, 0) is 0 Å². The Morgan fingerprint density at radius 1 is 1.32 bits per heavy atom. The van der Waals surface area contributed by atoms with Gasteiger partial charge in [-0.25, -0.2) is 0 Å². The van der Waals surface area contributed by atoms with Gasteiger partial charge in [-0.15, -0.1) is 18.3 Å². The summed E-state index contributed by atoms with van der Waals surface area (Å²) in [7, 11) is 0. The second kappa shape index (κ2) is 5.32. The molecule has 1 heterocycles. The van der Waals surface area contributed by atoms with Crippen molar-refractivity contribution in [3.8, 4) is 5.75 Å². The second-order valence-corrected chi connectivity index (χ2v) is 4.75. The van der Waals surface area contributed by atoms with Crippen LogP contribution in [0.5, 0.6) is 5.75 Å². The zero-order chi connectivity index (χ0) is 15.7. The van der Waals surface area contributed by atoms with Crippen LogP contribution in [0.3, 0.4) is 0 Å². The predicted molar refractivity (Wildman–Crippen MR) is 67.4 cm³/mol. The van der Waals surface area contributed by atoms with Gasteiger partial charge in [0.2, 0.25) is 5.89 Å². The fourth-order valence-corrected chi connectivity index (χ4v) is 1.78. The van der Waals surface area contributed by atoms with Crippen molar-refractivity contribution in [2.24, 2.45) is 0 Å². The zero-order valence-electron chi connectivity index (χ0n) is 11.1. The molecule has 0 saturated heterocycles. The lowest BCUT2D eigenvalue weighted by Gasteiger charge is -2.09. The molecule has 116 valence electrons. The van der Waals surface area contributed by atoms with Crippen LogP contribution in [0.4, 0.5) is 19.2 Å². The fourth-order valence-electron chi connectivity index (χ4n) is 1.78. The minimum absolute atomic E-state index is 0.0204. The summed E-state index contributed by atoms with van der Waals surface area (Å²) < 4.78 is 45.4. The number of carbonyl (C=O) groups is 1. The topological polar surface area (TPSA) is 77.3 Å². The van der Waals surface area contributed by atoms with Crippen molar-refractivity contribution in [3.05, 3.63) is 35.7 Å². The molecule has 1 aromatic carbocycles. The first-order chi connectivity index (χ1) is 10.4. The third-order valence-electron chi connectivity index (χ3n) is 2.92. The SMILES string of the molecule is O=C(Nc1nnc(C2CC2)o1)c1cccc(OC(F)(F)F)c1. The Morgan fingerprint density at radius 3 is 2.77 bits per heavy atom. The van der Waals surface area contributed by atoms with E-state index < -0.39 is 18.0 Å². The van der Waals surface area contributed by atoms with Crippen molar-refractivity contribution in [3.63, 3.8) is 0 Å². The van der Waals surface area contributed by atoms with Crippen molar-refractivity contribution < 1.29 is 27.1 Å². The van der Waals surface area contributed by atoms with E-state index in [1.807, 2.05) is 0 Å². The molecule has 0 aliphatic heterocycles. The predicted octanol–water partition coefficient (Wildman–Crippen LogP) is 3.10. The third kappa shape index (κ3) is 3.54. The molecular formula is C13H10F3N3O3. The van der Waals surface area contributed by atoms with Gasteiger partial charge in [0.15, 0.2) is 0 Å². The molecule has 1 aliphatic carbocycles. The van der Waals surface area contributed by atoms with Crippen LogP contribution in [0.2, 0.25) is 0 Å². The first kappa shape index (κ1) is 14.4. The molecule has 0 atom stereocenters. The molecule has 2 aromatic rings. The maximum Gasteiger partial charge on any atom is 0.573 e. The van der Waals surface area contributed by atoms with Gasteiger partial charge in [0.1, 0.15) is 5.75 Å². The molecule has 6 nitrogen and oxygen atoms in total. The monoisotopic (exact) mass is 313 g/mol. The minimum Gasteiger partial charge on any atom is -0.408 e. The van der Waals surface area contributed by atoms with Crippen LogP contribution >= 0.6 is 0 Å². The molecule has 3 rings (SSSR count). The quantitative estimate of drug-likeness (QED) is 0.938. The molecule has 22 heavy (non-hydrogen) atoms. The number of halogens is 3. The van der Waals surface area contributed by atoms with Crippen LogP contribution in [0.15, 0.2) is 28.7 Å². The van der Waals surface area contributed by atoms with Gasteiger partial charge in [-0.1, -0.05) is 11.2 Å². The highest BCUT2D eigenvalue weighted by Crippen LogP contribution is 2.39. The summed E-state index contributed by atoms with van der Waals surface area (Å²) >= 11 is 0. The summed E-state index contributed by atoms with van der Waals surface area (Å²) in [5, 5.41) is 9.79. The number of carbonyl (C=O) groups excluding carboxylic acids is 1. The van der Waals surface area contributed by atoms with Gasteiger partial charge in [0, 0.05) is 11.5 Å². The lowest BCUT2D eigenvalue weighted by Crippen LogP contribution is -2.18. The lowest BCUT2D eigenvalue weighted by atomic mass is 10.2. The number of hydrogen-bond donors (Lipinski definition) is 1. The number of nitrogens with zero attached hydrogens (tertiary/aromatic N) is 2. The number of ether oxygens (including phenoxy) is 1. The first-order valence-corrected chi connectivity index (χ1v) is 6.41. The number of hydrogen-bond acceptors (Lipinski definition) is 5. The summed E-state index contributed by atoms with van der Waals surface area (Å²) in [5.41, 5.74) is -0.0204. The Balaban J connectivity index is 1.69. The number of aromatic nitrogens is 2. The van der Waals surface area contributed by atoms with Gasteiger partial charge in [0.25, 0.3) is 5.91 Å². The minimum atomic E-state index is -4.82. The summed E-state index contributed by atoms with van der Waals surface area (Å²) in [4.78, 5) is 12.0. The number of benzene rings is 1. The van der Waals surface area contributed by atoms with Crippen LogP contribution in [-0.4, -0.2) is 22.5 Å². The third-order valence-corrected chi connectivity index (χ3v) is 2.92. The standard InChI is InChI=1S/C13H10F3N3O3/c14-13(15,16)22-9-3-1-2-8(6-9)10(20)17-12-19-18-11(21-12)7-4-5-7/h1-3,6-7H,4-5H2,(H,17,19,20). The van der Waals surface area contributed by atoms with Gasteiger partial charge in [-0.2, -0.15) is 0 Å². The molecule has 1 N–H and O–H groups in total. The van der Waals surface area contributed by atoms with Crippen LogP contribution < -0.4 is 10.1 Å². The molecular weight excluding hydrogens is 303 g/mol. The second-order valence-electron chi connectivity index (χ2n) is 4.75. The summed E-state index contributed by atoms with van der Waals surface area (Å²) in [6.45, 7) is 0. The average molecular weight is 313 g/mol. The fraction of sp³-hybridized carbons (Fsp3) is 0.308. The van der Waals surface area contributed by atoms with Crippen molar-refractivity contribution in [1.29, 1.82) is 0 Å². The van der Waals surface area contributed by atoms with E-state index in [9.17, 15) is 18.0 Å². The summed E-state index contributed by atoms with van der Waals surface area (Å²) in [5.74, 6) is -0.464. The van der Waals surface area contributed by atoms with Gasteiger partial charge in [-0.05, 0) is 31.0 Å². The Morgan fingerprint density at radius 2 is 2.09 bits per heavy atom. The van der Waals surface area contributed by atoms with Crippen molar-refractivity contribution in [2.45, 2.75) is 25.1 Å². The number of amides is 1.